The zero-order valence-electron chi connectivity index (χ0n) is 22.0. The molecule has 6 rings (SSSR count). The topological polar surface area (TPSA) is 76.1 Å². The number of allylic oxidation sites excluding steroid dienone is 4. The van der Waals surface area contributed by atoms with Gasteiger partial charge in [0, 0.05) is 27.7 Å². The Hall–Kier alpha value is -2.43. The Kier molecular flexibility index (Phi) is 6.09. The molecular formula is C29H30ClF4NO5. The van der Waals surface area contributed by atoms with Crippen LogP contribution in [-0.2, 0) is 19.2 Å². The number of hydroxylamine groups is 1. The average molecular weight is 584 g/mol. The van der Waals surface area contributed by atoms with Gasteiger partial charge in [0.05, 0.1) is 18.3 Å². The number of anilines is 1. The number of benzene rings is 1. The molecule has 0 spiro atoms. The molecule has 1 aromatic carbocycles. The van der Waals surface area contributed by atoms with E-state index in [0.29, 0.717) is 35.5 Å². The second-order valence-corrected chi connectivity index (χ2v) is 12.7. The second kappa shape index (κ2) is 8.79. The molecule has 0 amide bonds. The van der Waals surface area contributed by atoms with Crippen molar-refractivity contribution in [2.24, 2.45) is 28.6 Å². The summed E-state index contributed by atoms with van der Waals surface area (Å²) in [6.45, 7) is 1.76. The zero-order chi connectivity index (χ0) is 28.9. The Labute approximate surface area is 233 Å². The van der Waals surface area contributed by atoms with E-state index in [4.69, 9.17) is 21.2 Å². The van der Waals surface area contributed by atoms with Crippen molar-refractivity contribution in [3.05, 3.63) is 53.1 Å². The minimum absolute atomic E-state index is 0.160. The van der Waals surface area contributed by atoms with Crippen LogP contribution < -0.4 is 5.06 Å². The summed E-state index contributed by atoms with van der Waals surface area (Å²) in [5.74, 6) is -3.25. The molecule has 4 fully saturated rings. The van der Waals surface area contributed by atoms with Crippen LogP contribution in [0.1, 0.15) is 39.5 Å². The Morgan fingerprint density at radius 1 is 1.23 bits per heavy atom. The minimum atomic E-state index is -4.75. The maximum absolute atomic E-state index is 17.5. The molecule has 4 aliphatic carbocycles. The van der Waals surface area contributed by atoms with E-state index in [1.807, 2.05) is 0 Å². The van der Waals surface area contributed by atoms with Gasteiger partial charge in [-0.3, -0.25) is 14.7 Å². The molecule has 1 saturated heterocycles. The average Bonchev–Trinajstić information content (AvgIpc) is 3.37. The number of esters is 1. The summed E-state index contributed by atoms with van der Waals surface area (Å²) >= 11 is 6.02. The SMILES string of the molecule is C[C@]12C=CC(=O)C=C1CC[C@H]1[C@@H]3C[C@H]4CN(c5ccc(Cl)cc5)O[C@@]4(C(=O)OCC(F)(F)F)[C@@]3(C)C[C@H](O)[C@@]12F. The summed E-state index contributed by atoms with van der Waals surface area (Å²) in [7, 11) is 0. The molecular weight excluding hydrogens is 554 g/mol. The third-order valence-electron chi connectivity index (χ3n) is 10.4. The van der Waals surface area contributed by atoms with Crippen molar-refractivity contribution < 1.29 is 41.8 Å². The summed E-state index contributed by atoms with van der Waals surface area (Å²) in [5.41, 5.74) is -5.33. The second-order valence-electron chi connectivity index (χ2n) is 12.3. The van der Waals surface area contributed by atoms with Crippen LogP contribution in [0.5, 0.6) is 0 Å². The monoisotopic (exact) mass is 583 g/mol. The summed E-state index contributed by atoms with van der Waals surface area (Å²) < 4.78 is 61.8. The predicted octanol–water partition coefficient (Wildman–Crippen LogP) is 5.53. The first-order chi connectivity index (χ1) is 18.7. The number of ketones is 1. The summed E-state index contributed by atoms with van der Waals surface area (Å²) in [4.78, 5) is 32.2. The van der Waals surface area contributed by atoms with Gasteiger partial charge in [0.15, 0.2) is 18.1 Å². The number of carbonyl (C=O) groups is 2. The van der Waals surface area contributed by atoms with E-state index < -0.39 is 64.7 Å². The first-order valence-electron chi connectivity index (χ1n) is 13.4. The number of rotatable bonds is 3. The fourth-order valence-electron chi connectivity index (χ4n) is 8.61. The first kappa shape index (κ1) is 27.7. The summed E-state index contributed by atoms with van der Waals surface area (Å²) in [6, 6.07) is 6.61. The zero-order valence-corrected chi connectivity index (χ0v) is 22.8. The highest BCUT2D eigenvalue weighted by Crippen LogP contribution is 2.72. The molecule has 40 heavy (non-hydrogen) atoms. The van der Waals surface area contributed by atoms with Crippen molar-refractivity contribution in [2.45, 2.75) is 63.1 Å². The fraction of sp³-hybridized carbons (Fsp3) is 0.586. The number of ether oxygens (including phenoxy) is 1. The molecule has 1 aromatic rings. The molecule has 6 nitrogen and oxygen atoms in total. The lowest BCUT2D eigenvalue weighted by Crippen LogP contribution is -2.69. The number of aliphatic hydroxyl groups excluding tert-OH is 1. The molecule has 216 valence electrons. The number of hydrogen-bond acceptors (Lipinski definition) is 6. The van der Waals surface area contributed by atoms with E-state index >= 15 is 4.39 Å². The van der Waals surface area contributed by atoms with E-state index in [0.717, 1.165) is 0 Å². The molecule has 1 N–H and O–H groups in total. The Morgan fingerprint density at radius 3 is 2.60 bits per heavy atom. The molecule has 0 bridgehead atoms. The lowest BCUT2D eigenvalue weighted by molar-refractivity contribution is -0.239. The Balaban J connectivity index is 1.42. The van der Waals surface area contributed by atoms with Gasteiger partial charge in [0.1, 0.15) is 0 Å². The standard InChI is InChI=1S/C29H30ClF4NO5/c1-25-10-9-20(36)11-16(25)3-8-21-22-12-17-14-35(19-6-4-18(30)5-7-19)40-29(17,24(38)39-15-27(31,32)33)26(22,2)13-23(37)28(21,25)34/h4-7,9-11,17,21-23,37H,3,8,12-15H2,1-2H3/t17-,21-,22-,23-,25-,26-,28-,29-/m0/s1. The van der Waals surface area contributed by atoms with Crippen LogP contribution in [0, 0.1) is 28.6 Å². The van der Waals surface area contributed by atoms with Crippen molar-refractivity contribution in [2.75, 3.05) is 18.2 Å². The van der Waals surface area contributed by atoms with Gasteiger partial charge in [-0.1, -0.05) is 30.2 Å². The van der Waals surface area contributed by atoms with E-state index in [1.54, 1.807) is 38.1 Å². The lowest BCUT2D eigenvalue weighted by atomic mass is 9.45. The van der Waals surface area contributed by atoms with Gasteiger partial charge < -0.3 is 9.84 Å². The first-order valence-corrected chi connectivity index (χ1v) is 13.8. The Bertz CT molecular complexity index is 1320. The highest BCUT2D eigenvalue weighted by atomic mass is 35.5. The fourth-order valence-corrected chi connectivity index (χ4v) is 8.74. The van der Waals surface area contributed by atoms with Crippen LogP contribution in [0.4, 0.5) is 23.2 Å². The molecule has 3 saturated carbocycles. The van der Waals surface area contributed by atoms with E-state index in [1.165, 1.54) is 23.3 Å². The summed E-state index contributed by atoms with van der Waals surface area (Å²) in [5, 5.41) is 13.5. The van der Waals surface area contributed by atoms with Gasteiger partial charge in [-0.2, -0.15) is 13.2 Å². The quantitative estimate of drug-likeness (QED) is 0.372. The van der Waals surface area contributed by atoms with Gasteiger partial charge >= 0.3 is 12.1 Å². The number of halogens is 5. The molecule has 1 aliphatic heterocycles. The van der Waals surface area contributed by atoms with E-state index in [2.05, 4.69) is 0 Å². The number of nitrogens with zero attached hydrogens (tertiary/aromatic N) is 1. The van der Waals surface area contributed by atoms with Crippen molar-refractivity contribution in [3.8, 4) is 0 Å². The van der Waals surface area contributed by atoms with Crippen molar-refractivity contribution >= 4 is 29.0 Å². The normalized spacial score (nSPS) is 42.0. The van der Waals surface area contributed by atoms with Crippen molar-refractivity contribution in [1.29, 1.82) is 0 Å². The maximum atomic E-state index is 17.5. The molecule has 5 aliphatic rings. The van der Waals surface area contributed by atoms with Crippen molar-refractivity contribution in [3.63, 3.8) is 0 Å². The number of carbonyl (C=O) groups excluding carboxylic acids is 2. The van der Waals surface area contributed by atoms with E-state index in [-0.39, 0.29) is 18.7 Å². The number of aliphatic hydroxyl groups is 1. The van der Waals surface area contributed by atoms with E-state index in [9.17, 15) is 27.9 Å². The highest BCUT2D eigenvalue weighted by molar-refractivity contribution is 6.30. The summed E-state index contributed by atoms with van der Waals surface area (Å²) in [6.07, 6.45) is -1.24. The van der Waals surface area contributed by atoms with Crippen LogP contribution in [0.2, 0.25) is 5.02 Å². The smallest absolute Gasteiger partial charge is 0.422 e. The third-order valence-corrected chi connectivity index (χ3v) is 10.7. The molecule has 11 heteroatoms. The van der Waals surface area contributed by atoms with Crippen LogP contribution in [0.3, 0.4) is 0 Å². The molecule has 0 unspecified atom stereocenters. The van der Waals surface area contributed by atoms with Crippen molar-refractivity contribution in [1.82, 2.24) is 0 Å². The molecule has 0 radical (unpaired) electrons. The third kappa shape index (κ3) is 3.61. The number of fused-ring (bicyclic) bond motifs is 7. The van der Waals surface area contributed by atoms with Gasteiger partial charge in [-0.05, 0) is 74.9 Å². The Morgan fingerprint density at radius 2 is 1.93 bits per heavy atom. The predicted molar refractivity (Wildman–Crippen MR) is 137 cm³/mol. The van der Waals surface area contributed by atoms with Gasteiger partial charge in [0.25, 0.3) is 0 Å². The van der Waals surface area contributed by atoms with Gasteiger partial charge in [0.2, 0.25) is 5.60 Å². The van der Waals surface area contributed by atoms with Crippen LogP contribution in [-0.4, -0.2) is 53.6 Å². The number of hydrogen-bond donors (Lipinski definition) is 1. The van der Waals surface area contributed by atoms with Crippen LogP contribution in [0.15, 0.2) is 48.1 Å². The van der Waals surface area contributed by atoms with Crippen LogP contribution in [0.25, 0.3) is 0 Å². The van der Waals surface area contributed by atoms with Gasteiger partial charge in [-0.25, -0.2) is 9.18 Å². The van der Waals surface area contributed by atoms with Gasteiger partial charge in [-0.15, -0.1) is 0 Å². The molecule has 0 aromatic heterocycles. The van der Waals surface area contributed by atoms with Crippen LogP contribution >= 0.6 is 11.6 Å². The molecule has 8 atom stereocenters. The largest absolute Gasteiger partial charge is 0.454 e. The highest BCUT2D eigenvalue weighted by Gasteiger charge is 2.80. The maximum Gasteiger partial charge on any atom is 0.422 e. The number of alkyl halides is 4. The minimum Gasteiger partial charge on any atom is -0.454 e. The molecule has 1 heterocycles. The lowest BCUT2D eigenvalue weighted by Gasteiger charge is -2.62.